The van der Waals surface area contributed by atoms with E-state index in [0.717, 1.165) is 21.6 Å². The third kappa shape index (κ3) is 4.70. The molecule has 1 unspecified atom stereocenters. The Morgan fingerprint density at radius 1 is 1.05 bits per heavy atom. The first kappa shape index (κ1) is 25.3. The number of nitrogens with one attached hydrogen (secondary N) is 1. The van der Waals surface area contributed by atoms with Crippen LogP contribution in [-0.4, -0.2) is 46.6 Å². The molecule has 2 aromatic carbocycles. The van der Waals surface area contributed by atoms with Crippen LogP contribution in [0.4, 0.5) is 0 Å². The average molecular weight is 535 g/mol. The van der Waals surface area contributed by atoms with Crippen molar-refractivity contribution in [1.82, 2.24) is 10.2 Å². The maximum absolute atomic E-state index is 13.6. The number of hydrogen-bond donors (Lipinski definition) is 1. The van der Waals surface area contributed by atoms with Crippen molar-refractivity contribution < 1.29 is 23.9 Å². The van der Waals surface area contributed by atoms with Gasteiger partial charge in [0.2, 0.25) is 5.91 Å². The number of carbonyl (C=O) groups excluding carboxylic acids is 3. The first-order valence-electron chi connectivity index (χ1n) is 11.8. The third-order valence-corrected chi connectivity index (χ3v) is 8.74. The summed E-state index contributed by atoms with van der Waals surface area (Å²) in [6, 6.07) is 22.7. The highest BCUT2D eigenvalue weighted by Crippen LogP contribution is 2.47. The number of thioether (sulfide) groups is 1. The van der Waals surface area contributed by atoms with Crippen LogP contribution in [-0.2, 0) is 30.3 Å². The third-order valence-electron chi connectivity index (χ3n) is 6.41. The highest BCUT2D eigenvalue weighted by Gasteiger charge is 2.66. The van der Waals surface area contributed by atoms with Crippen molar-refractivity contribution in [2.75, 3.05) is 12.9 Å². The first-order chi connectivity index (χ1) is 17.9. The van der Waals surface area contributed by atoms with E-state index in [4.69, 9.17) is 9.47 Å². The second-order valence-corrected chi connectivity index (χ2v) is 10.9. The Morgan fingerprint density at radius 2 is 1.70 bits per heavy atom. The molecule has 3 heterocycles. The van der Waals surface area contributed by atoms with Gasteiger partial charge in [-0.1, -0.05) is 66.7 Å². The summed E-state index contributed by atoms with van der Waals surface area (Å²) in [5.41, 5.74) is 1.04. The molecule has 2 amide bonds. The number of nitrogens with zero attached hydrogens (tertiary/aromatic N) is 1. The van der Waals surface area contributed by atoms with Crippen LogP contribution in [0.1, 0.15) is 29.0 Å². The van der Waals surface area contributed by atoms with Crippen LogP contribution in [0.25, 0.3) is 0 Å². The van der Waals surface area contributed by atoms with Gasteiger partial charge in [-0.05, 0) is 35.1 Å². The van der Waals surface area contributed by atoms with Gasteiger partial charge in [0.1, 0.15) is 11.1 Å². The minimum atomic E-state index is -1.54. The summed E-state index contributed by atoms with van der Waals surface area (Å²) < 4.78 is 11.7. The maximum Gasteiger partial charge on any atom is 0.356 e. The normalized spacial score (nSPS) is 20.9. The standard InChI is InChI=1S/C28H26N2O5S2/c1-18-17-37-27-28(34-2,29-22(31)16-21-14-9-15-36-21)26(33)30(27)23(18)25(32)35-24(19-10-5-3-6-11-19)20-12-7-4-8-13-20/h3-15,24,27H,16-17H2,1-2H3,(H,29,31)/t27-,28?/m1/s1. The molecule has 0 radical (unpaired) electrons. The summed E-state index contributed by atoms with van der Waals surface area (Å²) in [7, 11) is 1.39. The van der Waals surface area contributed by atoms with Gasteiger partial charge < -0.3 is 14.8 Å². The Bertz CT molecular complexity index is 1290. The average Bonchev–Trinajstić information content (AvgIpc) is 3.43. The van der Waals surface area contributed by atoms with Crippen molar-refractivity contribution in [3.63, 3.8) is 0 Å². The minimum Gasteiger partial charge on any atom is -0.448 e. The molecule has 9 heteroatoms. The monoisotopic (exact) mass is 534 g/mol. The lowest BCUT2D eigenvalue weighted by Gasteiger charge is -2.55. The molecule has 1 N–H and O–H groups in total. The van der Waals surface area contributed by atoms with E-state index in [1.54, 1.807) is 0 Å². The number of methoxy groups -OCH3 is 1. The zero-order chi connectivity index (χ0) is 26.0. The maximum atomic E-state index is 13.6. The fraction of sp³-hybridized carbons (Fsp3) is 0.250. The van der Waals surface area contributed by atoms with E-state index < -0.39 is 29.1 Å². The van der Waals surface area contributed by atoms with Gasteiger partial charge in [0.05, 0.1) is 6.42 Å². The van der Waals surface area contributed by atoms with E-state index >= 15 is 0 Å². The van der Waals surface area contributed by atoms with Gasteiger partial charge >= 0.3 is 5.97 Å². The molecule has 0 aliphatic carbocycles. The molecule has 0 bridgehead atoms. The lowest BCUT2D eigenvalue weighted by Crippen LogP contribution is -2.80. The predicted octanol–water partition coefficient (Wildman–Crippen LogP) is 4.27. The van der Waals surface area contributed by atoms with Gasteiger partial charge in [0.25, 0.3) is 11.6 Å². The van der Waals surface area contributed by atoms with Gasteiger partial charge in [0.15, 0.2) is 6.10 Å². The van der Waals surface area contributed by atoms with E-state index in [1.165, 1.54) is 35.1 Å². The number of hydrogen-bond acceptors (Lipinski definition) is 7. The number of thiophene rings is 1. The van der Waals surface area contributed by atoms with Gasteiger partial charge in [-0.2, -0.15) is 0 Å². The van der Waals surface area contributed by atoms with Gasteiger partial charge in [0, 0.05) is 17.7 Å². The Hall–Kier alpha value is -3.40. The smallest absolute Gasteiger partial charge is 0.356 e. The van der Waals surface area contributed by atoms with Crippen LogP contribution in [0.5, 0.6) is 0 Å². The summed E-state index contributed by atoms with van der Waals surface area (Å²) in [6.07, 6.45) is -0.496. The van der Waals surface area contributed by atoms with Crippen LogP contribution in [0.3, 0.4) is 0 Å². The Balaban J connectivity index is 1.38. The Labute approximate surface area is 223 Å². The molecule has 7 nitrogen and oxygen atoms in total. The number of amides is 2. The van der Waals surface area contributed by atoms with Crippen molar-refractivity contribution in [1.29, 1.82) is 0 Å². The number of fused-ring (bicyclic) bond motifs is 1. The second kappa shape index (κ2) is 10.5. The molecule has 2 aliphatic heterocycles. The zero-order valence-electron chi connectivity index (χ0n) is 20.4. The second-order valence-electron chi connectivity index (χ2n) is 8.82. The van der Waals surface area contributed by atoms with E-state index in [1.807, 2.05) is 85.1 Å². The van der Waals surface area contributed by atoms with Crippen molar-refractivity contribution in [3.05, 3.63) is 105 Å². The van der Waals surface area contributed by atoms with Crippen LogP contribution in [0, 0.1) is 0 Å². The fourth-order valence-electron chi connectivity index (χ4n) is 4.59. The molecular weight excluding hydrogens is 508 g/mol. The zero-order valence-corrected chi connectivity index (χ0v) is 22.0. The SMILES string of the molecule is COC1(NC(=O)Cc2cccs2)C(=O)N2C(C(=O)OC(c3ccccc3)c3ccccc3)=C(C)CS[C@@H]21. The minimum absolute atomic E-state index is 0.146. The van der Waals surface area contributed by atoms with E-state index in [-0.39, 0.29) is 18.0 Å². The number of esters is 1. The van der Waals surface area contributed by atoms with Gasteiger partial charge in [-0.15, -0.1) is 23.1 Å². The van der Waals surface area contributed by atoms with Gasteiger partial charge in [-0.25, -0.2) is 4.79 Å². The summed E-state index contributed by atoms with van der Waals surface area (Å²) in [5.74, 6) is -0.912. The molecule has 1 saturated heterocycles. The molecule has 0 saturated carbocycles. The fourth-order valence-corrected chi connectivity index (χ4v) is 6.68. The van der Waals surface area contributed by atoms with Crippen LogP contribution >= 0.6 is 23.1 Å². The van der Waals surface area contributed by atoms with Crippen molar-refractivity contribution in [3.8, 4) is 0 Å². The highest BCUT2D eigenvalue weighted by atomic mass is 32.2. The van der Waals surface area contributed by atoms with Crippen LogP contribution < -0.4 is 5.32 Å². The van der Waals surface area contributed by atoms with E-state index in [9.17, 15) is 14.4 Å². The number of β-lactam (4-membered cyclic amide) rings is 1. The molecule has 1 fully saturated rings. The molecule has 3 aromatic rings. The summed E-state index contributed by atoms with van der Waals surface area (Å²) in [4.78, 5) is 42.2. The summed E-state index contributed by atoms with van der Waals surface area (Å²) >= 11 is 2.91. The molecule has 0 spiro atoms. The molecule has 2 atom stereocenters. The molecule has 2 aliphatic rings. The largest absolute Gasteiger partial charge is 0.448 e. The molecule has 1 aromatic heterocycles. The summed E-state index contributed by atoms with van der Waals surface area (Å²) in [5, 5.41) is 4.10. The number of rotatable bonds is 8. The first-order valence-corrected chi connectivity index (χ1v) is 13.7. The van der Waals surface area contributed by atoms with Gasteiger partial charge in [-0.3, -0.25) is 14.5 Å². The Kier molecular flexibility index (Phi) is 7.19. The van der Waals surface area contributed by atoms with Crippen LogP contribution in [0.2, 0.25) is 0 Å². The quantitative estimate of drug-likeness (QED) is 0.264. The molecule has 37 heavy (non-hydrogen) atoms. The van der Waals surface area contributed by atoms with Crippen molar-refractivity contribution in [2.24, 2.45) is 0 Å². The van der Waals surface area contributed by atoms with Crippen molar-refractivity contribution >= 4 is 40.9 Å². The topological polar surface area (TPSA) is 84.9 Å². The number of carbonyl (C=O) groups is 3. The van der Waals surface area contributed by atoms with Crippen molar-refractivity contribution in [2.45, 2.75) is 30.5 Å². The lowest BCUT2D eigenvalue weighted by atomic mass is 9.97. The number of ether oxygens (including phenoxy) is 2. The Morgan fingerprint density at radius 3 is 2.27 bits per heavy atom. The molecule has 190 valence electrons. The lowest BCUT2D eigenvalue weighted by molar-refractivity contribution is -0.193. The van der Waals surface area contributed by atoms with Crippen LogP contribution in [0.15, 0.2) is 89.4 Å². The summed E-state index contributed by atoms with van der Waals surface area (Å²) in [6.45, 7) is 1.81. The highest BCUT2D eigenvalue weighted by molar-refractivity contribution is 8.00. The predicted molar refractivity (Wildman–Crippen MR) is 143 cm³/mol. The van der Waals surface area contributed by atoms with E-state index in [2.05, 4.69) is 5.32 Å². The van der Waals surface area contributed by atoms with E-state index in [0.29, 0.717) is 5.75 Å². The molecular formula is C28H26N2O5S2. The number of benzene rings is 2. The molecule has 5 rings (SSSR count).